The van der Waals surface area contributed by atoms with Crippen LogP contribution in [-0.4, -0.2) is 96.7 Å². The van der Waals surface area contributed by atoms with Gasteiger partial charge in [-0.15, -0.1) is 0 Å². The Morgan fingerprint density at radius 2 is 0.500 bits per heavy atom. The molecule has 0 aromatic heterocycles. The molecular formula is C81H150O17P2. The highest BCUT2D eigenvalue weighted by molar-refractivity contribution is 7.47. The van der Waals surface area contributed by atoms with Crippen LogP contribution >= 0.6 is 15.6 Å². The number of carbonyl (C=O) groups is 4. The van der Waals surface area contributed by atoms with Crippen molar-refractivity contribution in [2.45, 2.75) is 406 Å². The van der Waals surface area contributed by atoms with Crippen LogP contribution in [0, 0.1) is 0 Å². The first kappa shape index (κ1) is 97.0. The summed E-state index contributed by atoms with van der Waals surface area (Å²) in [6, 6.07) is 0. The molecule has 0 rings (SSSR count). The van der Waals surface area contributed by atoms with Crippen molar-refractivity contribution in [2.75, 3.05) is 39.6 Å². The standard InChI is InChI=1S/C81H150O17P2/c1-5-9-13-17-21-25-29-33-36-37-40-44-48-52-56-60-64-68-81(86)98-77(72-92-79(84)66-62-58-54-50-46-42-38-34-30-26-22-18-14-10-6-2)74-96-100(89,90)94-70-75(82)69-93-99(87,88)95-73-76(71-91-78(83)65-61-57-53-49-45-41-32-28-24-20-16-12-8-4)97-80(85)67-63-59-55-51-47-43-39-35-31-27-23-19-15-11-7-3/h21,25,33,36,40,44,52,56,75-77,82H,5-20,22-24,26-32,34-35,37-39,41-43,45-51,53-55,57-74H2,1-4H3,(H,87,88)(H,89,90)/b25-21-,36-33-,44-40-,56-52-/t75-,76+,77+/m0/s1. The molecule has 0 heterocycles. The van der Waals surface area contributed by atoms with Crippen LogP contribution in [0.2, 0.25) is 0 Å². The molecule has 0 saturated carbocycles. The fourth-order valence-corrected chi connectivity index (χ4v) is 13.1. The third-order valence-corrected chi connectivity index (χ3v) is 19.7. The Morgan fingerprint density at radius 3 is 0.790 bits per heavy atom. The molecule has 0 saturated heterocycles. The lowest BCUT2D eigenvalue weighted by Crippen LogP contribution is -2.30. The average molecular weight is 1460 g/mol. The maximum absolute atomic E-state index is 13.1. The molecule has 19 heteroatoms. The number of phosphoric acid groups is 2. The van der Waals surface area contributed by atoms with Gasteiger partial charge in [0.25, 0.3) is 0 Å². The molecule has 0 aromatic carbocycles. The number of rotatable bonds is 78. The zero-order chi connectivity index (χ0) is 73.2. The van der Waals surface area contributed by atoms with Crippen LogP contribution in [0.4, 0.5) is 0 Å². The van der Waals surface area contributed by atoms with Crippen molar-refractivity contribution in [1.29, 1.82) is 0 Å². The Morgan fingerprint density at radius 1 is 0.280 bits per heavy atom. The van der Waals surface area contributed by atoms with Crippen molar-refractivity contribution in [1.82, 2.24) is 0 Å². The highest BCUT2D eigenvalue weighted by Crippen LogP contribution is 2.45. The molecule has 0 fully saturated rings. The van der Waals surface area contributed by atoms with Crippen molar-refractivity contribution in [3.63, 3.8) is 0 Å². The van der Waals surface area contributed by atoms with Crippen molar-refractivity contribution < 1.29 is 80.2 Å². The minimum atomic E-state index is -4.98. The molecule has 0 amide bonds. The molecule has 0 aromatic rings. The van der Waals surface area contributed by atoms with Crippen LogP contribution in [0.5, 0.6) is 0 Å². The number of allylic oxidation sites excluding steroid dienone is 8. The maximum Gasteiger partial charge on any atom is 0.472 e. The third kappa shape index (κ3) is 73.3. The summed E-state index contributed by atoms with van der Waals surface area (Å²) in [5.41, 5.74) is 0. The molecule has 0 aliphatic rings. The summed E-state index contributed by atoms with van der Waals surface area (Å²) in [6.45, 7) is 4.89. The molecular weight excluding hydrogens is 1310 g/mol. The number of hydrogen-bond acceptors (Lipinski definition) is 15. The first-order chi connectivity index (χ1) is 48.7. The van der Waals surface area contributed by atoms with Gasteiger partial charge in [-0.05, 0) is 64.2 Å². The van der Waals surface area contributed by atoms with Crippen LogP contribution in [0.15, 0.2) is 48.6 Å². The first-order valence-electron chi connectivity index (χ1n) is 40.9. The number of ether oxygens (including phenoxy) is 4. The van der Waals surface area contributed by atoms with Gasteiger partial charge in [0.1, 0.15) is 19.3 Å². The summed E-state index contributed by atoms with van der Waals surface area (Å²) >= 11 is 0. The van der Waals surface area contributed by atoms with Gasteiger partial charge in [0.05, 0.1) is 26.4 Å². The van der Waals surface area contributed by atoms with Gasteiger partial charge in [-0.25, -0.2) is 9.13 Å². The van der Waals surface area contributed by atoms with Gasteiger partial charge in [-0.2, -0.15) is 0 Å². The van der Waals surface area contributed by atoms with Crippen LogP contribution in [0.25, 0.3) is 0 Å². The molecule has 2 unspecified atom stereocenters. The highest BCUT2D eigenvalue weighted by atomic mass is 31.2. The largest absolute Gasteiger partial charge is 0.472 e. The van der Waals surface area contributed by atoms with Crippen molar-refractivity contribution in [2.24, 2.45) is 0 Å². The van der Waals surface area contributed by atoms with E-state index in [1.54, 1.807) is 0 Å². The number of esters is 4. The number of phosphoric ester groups is 2. The van der Waals surface area contributed by atoms with Gasteiger partial charge >= 0.3 is 39.5 Å². The minimum absolute atomic E-state index is 0.0257. The monoisotopic (exact) mass is 1460 g/mol. The number of hydrogen-bond donors (Lipinski definition) is 3. The zero-order valence-electron chi connectivity index (χ0n) is 64.1. The molecule has 0 radical (unpaired) electrons. The molecule has 0 aliphatic carbocycles. The summed E-state index contributed by atoms with van der Waals surface area (Å²) in [5, 5.41) is 10.6. The Labute approximate surface area is 610 Å². The van der Waals surface area contributed by atoms with Crippen LogP contribution in [0.3, 0.4) is 0 Å². The van der Waals surface area contributed by atoms with E-state index in [1.165, 1.54) is 212 Å². The molecule has 100 heavy (non-hydrogen) atoms. The second kappa shape index (κ2) is 74.3. The van der Waals surface area contributed by atoms with E-state index in [-0.39, 0.29) is 25.7 Å². The second-order valence-electron chi connectivity index (χ2n) is 27.7. The molecule has 0 bridgehead atoms. The van der Waals surface area contributed by atoms with Crippen LogP contribution in [-0.2, 0) is 65.4 Å². The van der Waals surface area contributed by atoms with E-state index < -0.39 is 97.5 Å². The van der Waals surface area contributed by atoms with Gasteiger partial charge < -0.3 is 33.8 Å². The van der Waals surface area contributed by atoms with E-state index in [0.717, 1.165) is 89.9 Å². The number of carbonyl (C=O) groups excluding carboxylic acids is 4. The van der Waals surface area contributed by atoms with E-state index in [1.807, 2.05) is 12.2 Å². The lowest BCUT2D eigenvalue weighted by atomic mass is 10.0. The molecule has 3 N–H and O–H groups in total. The maximum atomic E-state index is 13.1. The summed E-state index contributed by atoms with van der Waals surface area (Å²) < 4.78 is 68.6. The zero-order valence-corrected chi connectivity index (χ0v) is 65.9. The topological polar surface area (TPSA) is 237 Å². The lowest BCUT2D eigenvalue weighted by molar-refractivity contribution is -0.161. The number of aliphatic hydroxyl groups is 1. The lowest BCUT2D eigenvalue weighted by Gasteiger charge is -2.21. The number of unbranched alkanes of at least 4 members (excludes halogenated alkanes) is 44. The van der Waals surface area contributed by atoms with Crippen molar-refractivity contribution >= 4 is 39.5 Å². The molecule has 586 valence electrons. The predicted molar refractivity (Wildman–Crippen MR) is 409 cm³/mol. The van der Waals surface area contributed by atoms with E-state index in [0.29, 0.717) is 32.1 Å². The van der Waals surface area contributed by atoms with Gasteiger partial charge in [-0.3, -0.25) is 37.3 Å². The summed E-state index contributed by atoms with van der Waals surface area (Å²) in [5.74, 6) is -2.19. The molecule has 5 atom stereocenters. The summed E-state index contributed by atoms with van der Waals surface area (Å²) in [6.07, 6.45) is 72.3. The molecule has 0 aliphatic heterocycles. The minimum Gasteiger partial charge on any atom is -0.462 e. The second-order valence-corrected chi connectivity index (χ2v) is 30.6. The molecule has 17 nitrogen and oxygen atoms in total. The van der Waals surface area contributed by atoms with E-state index in [2.05, 4.69) is 64.2 Å². The third-order valence-electron chi connectivity index (χ3n) is 17.8. The Hall–Kier alpha value is -2.98. The SMILES string of the molecule is CCCCC/C=C\C/C=C\C/C=C\C/C=C\CCCC(=O)O[C@H](COC(=O)CCCCCCCCCCCCCCCCC)COP(=O)(O)OC[C@@H](O)COP(=O)(O)OC[C@@H](COC(=O)CCCCCCCCCCCCCCC)OC(=O)CCCCCCCCCCCCCCCCC. The fraction of sp³-hybridized carbons (Fsp3) is 0.852. The van der Waals surface area contributed by atoms with Crippen molar-refractivity contribution in [3.8, 4) is 0 Å². The normalized spacial score (nSPS) is 14.1. The van der Waals surface area contributed by atoms with Crippen molar-refractivity contribution in [3.05, 3.63) is 48.6 Å². The smallest absolute Gasteiger partial charge is 0.462 e. The average Bonchev–Trinajstić information content (AvgIpc) is 1.22. The van der Waals surface area contributed by atoms with Gasteiger partial charge in [-0.1, -0.05) is 346 Å². The fourth-order valence-electron chi connectivity index (χ4n) is 11.6. The van der Waals surface area contributed by atoms with E-state index in [4.69, 9.17) is 37.0 Å². The van der Waals surface area contributed by atoms with E-state index in [9.17, 15) is 43.2 Å². The number of aliphatic hydroxyl groups excluding tert-OH is 1. The Balaban J connectivity index is 5.35. The van der Waals surface area contributed by atoms with Gasteiger partial charge in [0.2, 0.25) is 0 Å². The quantitative estimate of drug-likeness (QED) is 0.0169. The first-order valence-corrected chi connectivity index (χ1v) is 43.9. The molecule has 0 spiro atoms. The summed E-state index contributed by atoms with van der Waals surface area (Å²) in [4.78, 5) is 73.0. The predicted octanol–water partition coefficient (Wildman–Crippen LogP) is 23.7. The van der Waals surface area contributed by atoms with Gasteiger partial charge in [0.15, 0.2) is 12.2 Å². The van der Waals surface area contributed by atoms with Gasteiger partial charge in [0, 0.05) is 25.7 Å². The Bertz CT molecular complexity index is 2080. The van der Waals surface area contributed by atoms with Crippen LogP contribution < -0.4 is 0 Å². The highest BCUT2D eigenvalue weighted by Gasteiger charge is 2.30. The van der Waals surface area contributed by atoms with E-state index >= 15 is 0 Å². The Kier molecular flexibility index (Phi) is 72.1. The van der Waals surface area contributed by atoms with Crippen LogP contribution in [0.1, 0.15) is 387 Å². The summed E-state index contributed by atoms with van der Waals surface area (Å²) in [7, 11) is -9.95.